The van der Waals surface area contributed by atoms with E-state index < -0.39 is 5.82 Å². The van der Waals surface area contributed by atoms with Gasteiger partial charge in [-0.25, -0.2) is 4.39 Å². The van der Waals surface area contributed by atoms with Crippen LogP contribution in [-0.4, -0.2) is 5.16 Å². The first-order valence-corrected chi connectivity index (χ1v) is 6.67. The lowest BCUT2D eigenvalue weighted by atomic mass is 10.0. The van der Waals surface area contributed by atoms with Crippen molar-refractivity contribution < 1.29 is 8.91 Å². The molecule has 0 fully saturated rings. The molecule has 19 heavy (non-hydrogen) atoms. The predicted octanol–water partition coefficient (Wildman–Crippen LogP) is 4.44. The maximum Gasteiger partial charge on any atom is 0.186 e. The molecule has 3 aromatic rings. The highest BCUT2D eigenvalue weighted by atomic mass is 35.5. The van der Waals surface area contributed by atoms with Crippen molar-refractivity contribution in [3.63, 3.8) is 0 Å². The standard InChI is InChI=1S/C13H8ClFN2OS/c14-9-6-7(15)3-4-8(9)11-12(18-17-13(11)16)10-2-1-5-19-10/h1-6H,(H2,16,17). The zero-order valence-corrected chi connectivity index (χ0v) is 11.1. The molecule has 0 bridgehead atoms. The molecule has 96 valence electrons. The summed E-state index contributed by atoms with van der Waals surface area (Å²) < 4.78 is 18.4. The molecule has 0 atom stereocenters. The zero-order valence-electron chi connectivity index (χ0n) is 9.56. The first kappa shape index (κ1) is 12.2. The number of nitrogens with two attached hydrogens (primary N) is 1. The third kappa shape index (κ3) is 2.11. The van der Waals surface area contributed by atoms with E-state index in [0.29, 0.717) is 16.9 Å². The van der Waals surface area contributed by atoms with Crippen LogP contribution >= 0.6 is 22.9 Å². The van der Waals surface area contributed by atoms with E-state index in [0.717, 1.165) is 4.88 Å². The monoisotopic (exact) mass is 294 g/mol. The number of nitrogens with zero attached hydrogens (tertiary/aromatic N) is 1. The highest BCUT2D eigenvalue weighted by Gasteiger charge is 2.20. The number of halogens is 2. The van der Waals surface area contributed by atoms with Gasteiger partial charge in [-0.15, -0.1) is 11.3 Å². The molecule has 0 spiro atoms. The Morgan fingerprint density at radius 1 is 1.32 bits per heavy atom. The van der Waals surface area contributed by atoms with Gasteiger partial charge in [-0.3, -0.25) is 0 Å². The van der Waals surface area contributed by atoms with Gasteiger partial charge in [0.05, 0.1) is 15.5 Å². The van der Waals surface area contributed by atoms with Gasteiger partial charge in [-0.1, -0.05) is 22.8 Å². The summed E-state index contributed by atoms with van der Waals surface area (Å²) in [7, 11) is 0. The Balaban J connectivity index is 2.22. The van der Waals surface area contributed by atoms with Crippen molar-refractivity contribution in [3.8, 4) is 21.8 Å². The predicted molar refractivity (Wildman–Crippen MR) is 74.6 cm³/mol. The summed E-state index contributed by atoms with van der Waals surface area (Å²) in [6, 6.07) is 7.92. The number of rotatable bonds is 2. The average Bonchev–Trinajstić information content (AvgIpc) is 2.99. The van der Waals surface area contributed by atoms with Crippen molar-refractivity contribution in [1.82, 2.24) is 5.16 Å². The molecule has 0 aliphatic rings. The van der Waals surface area contributed by atoms with Crippen LogP contribution in [0.15, 0.2) is 40.2 Å². The van der Waals surface area contributed by atoms with E-state index in [1.807, 2.05) is 17.5 Å². The SMILES string of the molecule is Nc1noc(-c2cccs2)c1-c1ccc(F)cc1Cl. The van der Waals surface area contributed by atoms with Gasteiger partial charge in [0.2, 0.25) is 0 Å². The third-order valence-corrected chi connectivity index (χ3v) is 3.85. The molecule has 2 heterocycles. The highest BCUT2D eigenvalue weighted by Crippen LogP contribution is 2.41. The largest absolute Gasteiger partial charge is 0.380 e. The second-order valence-corrected chi connectivity index (χ2v) is 5.23. The van der Waals surface area contributed by atoms with Gasteiger partial charge in [0.1, 0.15) is 5.82 Å². The Morgan fingerprint density at radius 2 is 2.16 bits per heavy atom. The number of thiophene rings is 1. The molecule has 2 aromatic heterocycles. The molecule has 0 saturated heterocycles. The van der Waals surface area contributed by atoms with Crippen molar-refractivity contribution in [2.24, 2.45) is 0 Å². The summed E-state index contributed by atoms with van der Waals surface area (Å²) in [4.78, 5) is 0.889. The quantitative estimate of drug-likeness (QED) is 0.760. The molecule has 0 aliphatic heterocycles. The molecule has 0 radical (unpaired) electrons. The molecule has 3 nitrogen and oxygen atoms in total. The second kappa shape index (κ2) is 4.68. The van der Waals surface area contributed by atoms with Crippen molar-refractivity contribution in [1.29, 1.82) is 0 Å². The zero-order chi connectivity index (χ0) is 13.4. The number of anilines is 1. The van der Waals surface area contributed by atoms with Gasteiger partial charge in [-0.2, -0.15) is 0 Å². The van der Waals surface area contributed by atoms with Crippen molar-refractivity contribution >= 4 is 28.8 Å². The molecular weight excluding hydrogens is 287 g/mol. The van der Waals surface area contributed by atoms with E-state index in [2.05, 4.69) is 5.16 Å². The van der Waals surface area contributed by atoms with Crippen LogP contribution in [-0.2, 0) is 0 Å². The lowest BCUT2D eigenvalue weighted by molar-refractivity contribution is 0.437. The normalized spacial score (nSPS) is 10.8. The average molecular weight is 295 g/mol. The Bertz CT molecular complexity index is 724. The number of aromatic nitrogens is 1. The van der Waals surface area contributed by atoms with E-state index in [4.69, 9.17) is 21.9 Å². The van der Waals surface area contributed by atoms with Gasteiger partial charge in [-0.05, 0) is 29.6 Å². The smallest absolute Gasteiger partial charge is 0.186 e. The van der Waals surface area contributed by atoms with Gasteiger partial charge in [0, 0.05) is 5.56 Å². The Labute approximate surface area is 117 Å². The fourth-order valence-corrected chi connectivity index (χ4v) is 2.80. The number of nitrogen functional groups attached to an aromatic ring is 1. The van der Waals surface area contributed by atoms with Crippen LogP contribution in [0.3, 0.4) is 0 Å². The highest BCUT2D eigenvalue weighted by molar-refractivity contribution is 7.13. The molecule has 3 rings (SSSR count). The van der Waals surface area contributed by atoms with Crippen LogP contribution in [0, 0.1) is 5.82 Å². The van der Waals surface area contributed by atoms with Crippen LogP contribution in [0.4, 0.5) is 10.2 Å². The minimum Gasteiger partial charge on any atom is -0.380 e. The first-order chi connectivity index (χ1) is 9.16. The molecular formula is C13H8ClFN2OS. The van der Waals surface area contributed by atoms with Crippen LogP contribution < -0.4 is 5.73 Å². The molecule has 0 amide bonds. The fourth-order valence-electron chi connectivity index (χ4n) is 1.83. The van der Waals surface area contributed by atoms with E-state index in [-0.39, 0.29) is 10.8 Å². The van der Waals surface area contributed by atoms with Gasteiger partial charge < -0.3 is 10.3 Å². The van der Waals surface area contributed by atoms with Crippen molar-refractivity contribution in [2.75, 3.05) is 5.73 Å². The second-order valence-electron chi connectivity index (χ2n) is 3.87. The van der Waals surface area contributed by atoms with Crippen LogP contribution in [0.2, 0.25) is 5.02 Å². The van der Waals surface area contributed by atoms with E-state index in [1.54, 1.807) is 6.07 Å². The van der Waals surface area contributed by atoms with Gasteiger partial charge >= 0.3 is 0 Å². The number of benzene rings is 1. The molecule has 0 aliphatic carbocycles. The summed E-state index contributed by atoms with van der Waals surface area (Å²) in [6.07, 6.45) is 0. The number of hydrogen-bond donors (Lipinski definition) is 1. The van der Waals surface area contributed by atoms with Crippen molar-refractivity contribution in [3.05, 3.63) is 46.6 Å². The summed E-state index contributed by atoms with van der Waals surface area (Å²) in [6.45, 7) is 0. The third-order valence-electron chi connectivity index (χ3n) is 2.66. The Hall–Kier alpha value is -1.85. The van der Waals surface area contributed by atoms with E-state index in [9.17, 15) is 4.39 Å². The molecule has 0 unspecified atom stereocenters. The maximum atomic E-state index is 13.1. The van der Waals surface area contributed by atoms with Crippen LogP contribution in [0.25, 0.3) is 21.8 Å². The lowest BCUT2D eigenvalue weighted by Crippen LogP contribution is -1.89. The Morgan fingerprint density at radius 3 is 2.84 bits per heavy atom. The lowest BCUT2D eigenvalue weighted by Gasteiger charge is -2.04. The summed E-state index contributed by atoms with van der Waals surface area (Å²) in [5.41, 5.74) is 7.03. The van der Waals surface area contributed by atoms with Gasteiger partial charge in [0.25, 0.3) is 0 Å². The van der Waals surface area contributed by atoms with E-state index in [1.165, 1.54) is 23.5 Å². The fraction of sp³-hybridized carbons (Fsp3) is 0. The summed E-state index contributed by atoms with van der Waals surface area (Å²) >= 11 is 7.57. The van der Waals surface area contributed by atoms with Gasteiger partial charge in [0.15, 0.2) is 11.6 Å². The summed E-state index contributed by atoms with van der Waals surface area (Å²) in [5.74, 6) is 0.374. The summed E-state index contributed by atoms with van der Waals surface area (Å²) in [5, 5.41) is 5.96. The van der Waals surface area contributed by atoms with Crippen LogP contribution in [0.5, 0.6) is 0 Å². The van der Waals surface area contributed by atoms with Crippen molar-refractivity contribution in [2.45, 2.75) is 0 Å². The first-order valence-electron chi connectivity index (χ1n) is 5.41. The number of hydrogen-bond acceptors (Lipinski definition) is 4. The topological polar surface area (TPSA) is 52.0 Å². The minimum absolute atomic E-state index is 0.233. The minimum atomic E-state index is -0.401. The molecule has 0 saturated carbocycles. The van der Waals surface area contributed by atoms with Crippen LogP contribution in [0.1, 0.15) is 0 Å². The molecule has 6 heteroatoms. The molecule has 2 N–H and O–H groups in total. The molecule has 1 aromatic carbocycles. The van der Waals surface area contributed by atoms with E-state index >= 15 is 0 Å². The maximum absolute atomic E-state index is 13.1. The Kier molecular flexibility index (Phi) is 3.00.